The first-order chi connectivity index (χ1) is 11.0. The number of hydrogen-bond donors (Lipinski definition) is 2. The Hall–Kier alpha value is -2.34. The fourth-order valence-electron chi connectivity index (χ4n) is 2.55. The highest BCUT2D eigenvalue weighted by molar-refractivity contribution is 9.10. The van der Waals surface area contributed by atoms with E-state index in [4.69, 9.17) is 4.74 Å². The van der Waals surface area contributed by atoms with Gasteiger partial charge in [0.2, 0.25) is 0 Å². The monoisotopic (exact) mass is 374 g/mol. The van der Waals surface area contributed by atoms with Crippen LogP contribution in [0.2, 0.25) is 0 Å². The molecule has 0 saturated carbocycles. The van der Waals surface area contributed by atoms with Gasteiger partial charge in [-0.15, -0.1) is 0 Å². The number of halogens is 1. The zero-order valence-corrected chi connectivity index (χ0v) is 14.3. The Bertz CT molecular complexity index is 836. The number of benzene rings is 1. The second kappa shape index (κ2) is 6.04. The van der Waals surface area contributed by atoms with Gasteiger partial charge >= 0.3 is 5.97 Å². The summed E-state index contributed by atoms with van der Waals surface area (Å²) in [4.78, 5) is 27.4. The lowest BCUT2D eigenvalue weighted by Crippen LogP contribution is -2.06. The number of carbonyl (C=O) groups excluding carboxylic acids is 2. The normalized spacial score (nSPS) is 14.7. The molecule has 1 amide bonds. The highest BCUT2D eigenvalue weighted by Gasteiger charge is 2.25. The molecule has 5 nitrogen and oxygen atoms in total. The summed E-state index contributed by atoms with van der Waals surface area (Å²) in [5, 5.41) is 2.82. The Morgan fingerprint density at radius 2 is 2.13 bits per heavy atom. The average molecular weight is 375 g/mol. The molecule has 0 radical (unpaired) electrons. The van der Waals surface area contributed by atoms with Crippen molar-refractivity contribution in [3.8, 4) is 0 Å². The van der Waals surface area contributed by atoms with Gasteiger partial charge in [-0.25, -0.2) is 4.79 Å². The van der Waals surface area contributed by atoms with E-state index in [1.54, 1.807) is 19.1 Å². The summed E-state index contributed by atoms with van der Waals surface area (Å²) in [6.45, 7) is 3.91. The molecule has 1 aliphatic heterocycles. The van der Waals surface area contributed by atoms with Crippen LogP contribution in [0.3, 0.4) is 0 Å². The predicted molar refractivity (Wildman–Crippen MR) is 92.1 cm³/mol. The Morgan fingerprint density at radius 1 is 1.35 bits per heavy atom. The summed E-state index contributed by atoms with van der Waals surface area (Å²) in [5.74, 6) is -0.600. The fraction of sp³-hybridized carbons (Fsp3) is 0.176. The minimum atomic E-state index is -0.406. The van der Waals surface area contributed by atoms with Gasteiger partial charge in [0, 0.05) is 21.4 Å². The third-order valence-electron chi connectivity index (χ3n) is 3.53. The second-order valence-electron chi connectivity index (χ2n) is 5.20. The van der Waals surface area contributed by atoms with E-state index in [-0.39, 0.29) is 5.91 Å². The maximum absolute atomic E-state index is 12.2. The van der Waals surface area contributed by atoms with Gasteiger partial charge in [0.25, 0.3) is 5.91 Å². The quantitative estimate of drug-likeness (QED) is 0.634. The number of carbonyl (C=O) groups is 2. The van der Waals surface area contributed by atoms with Crippen LogP contribution in [-0.4, -0.2) is 23.5 Å². The van der Waals surface area contributed by atoms with Gasteiger partial charge in [-0.1, -0.05) is 15.9 Å². The van der Waals surface area contributed by atoms with Crippen LogP contribution in [0.4, 0.5) is 5.69 Å². The molecule has 0 unspecified atom stereocenters. The number of hydrogen-bond acceptors (Lipinski definition) is 3. The molecule has 2 N–H and O–H groups in total. The molecule has 0 bridgehead atoms. The van der Waals surface area contributed by atoms with Crippen LogP contribution < -0.4 is 5.32 Å². The van der Waals surface area contributed by atoms with Crippen molar-refractivity contribution in [2.45, 2.75) is 13.8 Å². The molecular weight excluding hydrogens is 360 g/mol. The van der Waals surface area contributed by atoms with Crippen molar-refractivity contribution in [3.63, 3.8) is 0 Å². The lowest BCUT2D eigenvalue weighted by Gasteiger charge is -2.02. The number of nitrogens with one attached hydrogen (secondary N) is 2. The van der Waals surface area contributed by atoms with Crippen molar-refractivity contribution in [3.05, 3.63) is 51.3 Å². The summed E-state index contributed by atoms with van der Waals surface area (Å²) in [6, 6.07) is 7.30. The number of ether oxygens (including phenoxy) is 1. The van der Waals surface area contributed by atoms with Crippen molar-refractivity contribution in [1.82, 2.24) is 4.98 Å². The van der Waals surface area contributed by atoms with E-state index in [1.165, 1.54) is 0 Å². The highest BCUT2D eigenvalue weighted by Crippen LogP contribution is 2.35. The van der Waals surface area contributed by atoms with Gasteiger partial charge in [0.1, 0.15) is 0 Å². The van der Waals surface area contributed by atoms with Crippen molar-refractivity contribution in [1.29, 1.82) is 0 Å². The van der Waals surface area contributed by atoms with Crippen LogP contribution in [0.25, 0.3) is 11.6 Å². The maximum atomic E-state index is 12.2. The Kier molecular flexibility index (Phi) is 4.09. The summed E-state index contributed by atoms with van der Waals surface area (Å²) in [5.41, 5.74) is 3.88. The predicted octanol–water partition coefficient (Wildman–Crippen LogP) is 3.76. The number of anilines is 1. The summed E-state index contributed by atoms with van der Waals surface area (Å²) < 4.78 is 5.95. The minimum Gasteiger partial charge on any atom is -0.462 e. The zero-order chi connectivity index (χ0) is 16.6. The number of fused-ring (bicyclic) bond motifs is 1. The summed E-state index contributed by atoms with van der Waals surface area (Å²) in [6.07, 6.45) is 1.69. The van der Waals surface area contributed by atoms with Gasteiger partial charge in [0.05, 0.1) is 23.4 Å². The molecule has 0 aliphatic carbocycles. The van der Waals surface area contributed by atoms with E-state index in [0.717, 1.165) is 21.4 Å². The van der Waals surface area contributed by atoms with Crippen LogP contribution in [0, 0.1) is 6.92 Å². The highest BCUT2D eigenvalue weighted by atomic mass is 79.9. The van der Waals surface area contributed by atoms with E-state index in [1.807, 2.05) is 25.1 Å². The minimum absolute atomic E-state index is 0.194. The molecule has 23 heavy (non-hydrogen) atoms. The maximum Gasteiger partial charge on any atom is 0.340 e. The van der Waals surface area contributed by atoms with E-state index in [2.05, 4.69) is 26.2 Å². The largest absolute Gasteiger partial charge is 0.462 e. The number of H-pyrrole nitrogens is 1. The molecule has 6 heteroatoms. The van der Waals surface area contributed by atoms with Crippen LogP contribution in [0.1, 0.15) is 34.2 Å². The molecule has 0 saturated heterocycles. The molecule has 2 heterocycles. The van der Waals surface area contributed by atoms with E-state index in [0.29, 0.717) is 23.4 Å². The molecule has 2 aromatic rings. The van der Waals surface area contributed by atoms with Crippen molar-refractivity contribution < 1.29 is 14.3 Å². The van der Waals surface area contributed by atoms with Crippen LogP contribution in [0.15, 0.2) is 28.7 Å². The standard InChI is InChI=1S/C17H15BrN2O3/c1-3-23-17(22)13-6-9(2)19-15(13)8-12-11-7-10(18)4-5-14(11)20-16(12)21/h4-8,19H,3H2,1-2H3,(H,20,21). The Morgan fingerprint density at radius 3 is 2.87 bits per heavy atom. The zero-order valence-electron chi connectivity index (χ0n) is 12.7. The third-order valence-corrected chi connectivity index (χ3v) is 4.02. The first kappa shape index (κ1) is 15.6. The van der Waals surface area contributed by atoms with E-state index < -0.39 is 5.97 Å². The van der Waals surface area contributed by atoms with Gasteiger partial charge < -0.3 is 15.0 Å². The molecule has 1 aliphatic rings. The first-order valence-corrected chi connectivity index (χ1v) is 7.98. The van der Waals surface area contributed by atoms with Crippen LogP contribution >= 0.6 is 15.9 Å². The Labute approximate surface area is 141 Å². The molecule has 0 fully saturated rings. The summed E-state index contributed by atoms with van der Waals surface area (Å²) >= 11 is 3.41. The summed E-state index contributed by atoms with van der Waals surface area (Å²) in [7, 11) is 0. The SMILES string of the molecule is CCOC(=O)c1cc(C)[nH]c1C=C1C(=O)Nc2ccc(Br)cc21. The number of aromatic amines is 1. The van der Waals surface area contributed by atoms with Crippen molar-refractivity contribution in [2.75, 3.05) is 11.9 Å². The third kappa shape index (κ3) is 2.94. The first-order valence-electron chi connectivity index (χ1n) is 7.19. The molecular formula is C17H15BrN2O3. The number of aromatic nitrogens is 1. The van der Waals surface area contributed by atoms with Crippen molar-refractivity contribution >= 4 is 45.1 Å². The van der Waals surface area contributed by atoms with Crippen LogP contribution in [-0.2, 0) is 9.53 Å². The molecule has 1 aromatic carbocycles. The number of aryl methyl sites for hydroxylation is 1. The number of esters is 1. The molecule has 1 aromatic heterocycles. The average Bonchev–Trinajstić information content (AvgIpc) is 3.01. The lowest BCUT2D eigenvalue weighted by molar-refractivity contribution is -0.110. The van der Waals surface area contributed by atoms with Crippen molar-refractivity contribution in [2.24, 2.45) is 0 Å². The van der Waals surface area contributed by atoms with Crippen LogP contribution in [0.5, 0.6) is 0 Å². The number of amides is 1. The molecule has 0 spiro atoms. The van der Waals surface area contributed by atoms with E-state index >= 15 is 0 Å². The lowest BCUT2D eigenvalue weighted by atomic mass is 10.1. The smallest absolute Gasteiger partial charge is 0.340 e. The fourth-order valence-corrected chi connectivity index (χ4v) is 2.91. The van der Waals surface area contributed by atoms with Gasteiger partial charge in [0.15, 0.2) is 0 Å². The number of rotatable bonds is 3. The second-order valence-corrected chi connectivity index (χ2v) is 6.12. The Balaban J connectivity index is 2.08. The topological polar surface area (TPSA) is 71.2 Å². The molecule has 118 valence electrons. The van der Waals surface area contributed by atoms with Gasteiger partial charge in [-0.3, -0.25) is 4.79 Å². The van der Waals surface area contributed by atoms with Gasteiger partial charge in [-0.2, -0.15) is 0 Å². The molecule has 0 atom stereocenters. The molecule has 3 rings (SSSR count). The van der Waals surface area contributed by atoms with Gasteiger partial charge in [-0.05, 0) is 44.2 Å². The van der Waals surface area contributed by atoms with E-state index in [9.17, 15) is 9.59 Å².